The Labute approximate surface area is 148 Å². The zero-order valence-electron chi connectivity index (χ0n) is 13.6. The number of rotatable bonds is 3. The van der Waals surface area contributed by atoms with E-state index in [1.165, 1.54) is 6.07 Å². The molecule has 0 radical (unpaired) electrons. The third-order valence-electron chi connectivity index (χ3n) is 4.02. The summed E-state index contributed by atoms with van der Waals surface area (Å²) in [7, 11) is -3.44. The van der Waals surface area contributed by atoms with Gasteiger partial charge in [-0.05, 0) is 30.3 Å². The van der Waals surface area contributed by atoms with Gasteiger partial charge in [-0.15, -0.1) is 0 Å². The van der Waals surface area contributed by atoms with E-state index in [1.54, 1.807) is 42.5 Å². The second kappa shape index (κ2) is 5.63. The number of aromatic nitrogens is 2. The molecule has 8 heteroatoms. The Morgan fingerprint density at radius 1 is 0.923 bits per heavy atom. The molecule has 0 saturated heterocycles. The standard InChI is InChI=1S/C18H13N3O4S/c1-26(24,25)21-13-6-2-4-11-10(13)8-9-15-16(11)20-17-12(18(22)23)5-3-7-14(17)19-15/h2-9,21H,1H3,(H,22,23). The summed E-state index contributed by atoms with van der Waals surface area (Å²) < 4.78 is 25.7. The van der Waals surface area contributed by atoms with Crippen LogP contribution in [0.2, 0.25) is 0 Å². The topological polar surface area (TPSA) is 109 Å². The van der Waals surface area contributed by atoms with Gasteiger partial charge < -0.3 is 5.11 Å². The second-order valence-electron chi connectivity index (χ2n) is 5.91. The van der Waals surface area contributed by atoms with Crippen LogP contribution in [0, 0.1) is 0 Å². The van der Waals surface area contributed by atoms with E-state index in [9.17, 15) is 18.3 Å². The Morgan fingerprint density at radius 3 is 2.38 bits per heavy atom. The van der Waals surface area contributed by atoms with E-state index in [4.69, 9.17) is 0 Å². The molecule has 2 N–H and O–H groups in total. The van der Waals surface area contributed by atoms with Crippen LogP contribution < -0.4 is 4.72 Å². The summed E-state index contributed by atoms with van der Waals surface area (Å²) in [6.45, 7) is 0. The molecule has 3 aromatic carbocycles. The molecule has 0 aliphatic carbocycles. The molecule has 0 aliphatic rings. The molecule has 130 valence electrons. The van der Waals surface area contributed by atoms with Gasteiger partial charge in [-0.25, -0.2) is 23.2 Å². The zero-order chi connectivity index (χ0) is 18.5. The smallest absolute Gasteiger partial charge is 0.337 e. The van der Waals surface area contributed by atoms with Crippen LogP contribution in [-0.4, -0.2) is 35.7 Å². The van der Waals surface area contributed by atoms with Crippen LogP contribution in [0.1, 0.15) is 10.4 Å². The molecule has 0 fully saturated rings. The van der Waals surface area contributed by atoms with E-state index in [-0.39, 0.29) is 5.56 Å². The molecule has 26 heavy (non-hydrogen) atoms. The number of carbonyl (C=O) groups is 1. The first-order chi connectivity index (χ1) is 12.3. The van der Waals surface area contributed by atoms with Crippen molar-refractivity contribution < 1.29 is 18.3 Å². The molecule has 0 spiro atoms. The monoisotopic (exact) mass is 367 g/mol. The zero-order valence-corrected chi connectivity index (χ0v) is 14.4. The highest BCUT2D eigenvalue weighted by molar-refractivity contribution is 7.92. The molecule has 0 atom stereocenters. The number of hydrogen-bond donors (Lipinski definition) is 2. The van der Waals surface area contributed by atoms with Gasteiger partial charge in [-0.3, -0.25) is 4.72 Å². The lowest BCUT2D eigenvalue weighted by atomic mass is 10.1. The normalized spacial score (nSPS) is 11.9. The van der Waals surface area contributed by atoms with Crippen molar-refractivity contribution in [1.82, 2.24) is 9.97 Å². The molecule has 1 aromatic heterocycles. The second-order valence-corrected chi connectivity index (χ2v) is 7.66. The van der Waals surface area contributed by atoms with Crippen molar-refractivity contribution >= 4 is 54.5 Å². The summed E-state index contributed by atoms with van der Waals surface area (Å²) in [5.41, 5.74) is 2.40. The van der Waals surface area contributed by atoms with E-state index in [0.717, 1.165) is 6.26 Å². The predicted molar refractivity (Wildman–Crippen MR) is 100.0 cm³/mol. The predicted octanol–water partition coefficient (Wildman–Crippen LogP) is 3.01. The number of anilines is 1. The molecule has 0 unspecified atom stereocenters. The Bertz CT molecular complexity index is 1320. The lowest BCUT2D eigenvalue weighted by Crippen LogP contribution is -2.09. The third kappa shape index (κ3) is 2.70. The van der Waals surface area contributed by atoms with Gasteiger partial charge in [-0.1, -0.05) is 18.2 Å². The van der Waals surface area contributed by atoms with Crippen LogP contribution in [0.4, 0.5) is 5.69 Å². The average Bonchev–Trinajstić information content (AvgIpc) is 2.58. The Kier molecular flexibility index (Phi) is 3.52. The van der Waals surface area contributed by atoms with Gasteiger partial charge in [0.2, 0.25) is 10.0 Å². The maximum Gasteiger partial charge on any atom is 0.337 e. The first-order valence-corrected chi connectivity index (χ1v) is 9.56. The Morgan fingerprint density at radius 2 is 1.65 bits per heavy atom. The lowest BCUT2D eigenvalue weighted by Gasteiger charge is -2.10. The van der Waals surface area contributed by atoms with Crippen molar-refractivity contribution in [3.8, 4) is 0 Å². The molecule has 0 saturated carbocycles. The maximum absolute atomic E-state index is 11.6. The Hall–Kier alpha value is -3.26. The maximum atomic E-state index is 11.6. The van der Waals surface area contributed by atoms with Crippen molar-refractivity contribution in [1.29, 1.82) is 0 Å². The number of sulfonamides is 1. The van der Waals surface area contributed by atoms with Gasteiger partial charge in [-0.2, -0.15) is 0 Å². The quantitative estimate of drug-likeness (QED) is 0.425. The van der Waals surface area contributed by atoms with Crippen LogP contribution in [-0.2, 0) is 10.0 Å². The van der Waals surface area contributed by atoms with E-state index in [2.05, 4.69) is 14.7 Å². The number of benzene rings is 3. The summed E-state index contributed by atoms with van der Waals surface area (Å²) >= 11 is 0. The van der Waals surface area contributed by atoms with Gasteiger partial charge in [0.25, 0.3) is 0 Å². The van der Waals surface area contributed by atoms with Crippen molar-refractivity contribution in [2.75, 3.05) is 11.0 Å². The van der Waals surface area contributed by atoms with E-state index < -0.39 is 16.0 Å². The van der Waals surface area contributed by atoms with Crippen LogP contribution >= 0.6 is 0 Å². The number of carboxylic acids is 1. The van der Waals surface area contributed by atoms with Gasteiger partial charge >= 0.3 is 5.97 Å². The van der Waals surface area contributed by atoms with E-state index >= 15 is 0 Å². The van der Waals surface area contributed by atoms with Gasteiger partial charge in [0.1, 0.15) is 5.52 Å². The van der Waals surface area contributed by atoms with Crippen molar-refractivity contribution in [2.24, 2.45) is 0 Å². The minimum absolute atomic E-state index is 0.0688. The van der Waals surface area contributed by atoms with Crippen LogP contribution in [0.15, 0.2) is 48.5 Å². The molecule has 1 heterocycles. The fraction of sp³-hybridized carbons (Fsp3) is 0.0556. The van der Waals surface area contributed by atoms with E-state index in [0.29, 0.717) is 38.5 Å². The first-order valence-electron chi connectivity index (χ1n) is 7.67. The first kappa shape index (κ1) is 16.2. The summed E-state index contributed by atoms with van der Waals surface area (Å²) in [5.74, 6) is -1.08. The SMILES string of the molecule is CS(=O)(=O)Nc1cccc2c1ccc1nc3cccc(C(=O)O)c3nc12. The van der Waals surface area contributed by atoms with Crippen molar-refractivity contribution in [3.05, 3.63) is 54.1 Å². The average molecular weight is 367 g/mol. The summed E-state index contributed by atoms with van der Waals surface area (Å²) in [6.07, 6.45) is 1.08. The summed E-state index contributed by atoms with van der Waals surface area (Å²) in [4.78, 5) is 20.5. The number of aromatic carboxylic acids is 1. The van der Waals surface area contributed by atoms with Gasteiger partial charge in [0.05, 0.1) is 34.1 Å². The summed E-state index contributed by atoms with van der Waals surface area (Å²) in [6, 6.07) is 13.5. The number of nitrogens with zero attached hydrogens (tertiary/aromatic N) is 2. The highest BCUT2D eigenvalue weighted by atomic mass is 32.2. The molecule has 7 nitrogen and oxygen atoms in total. The molecule has 0 bridgehead atoms. The molecule has 0 aliphatic heterocycles. The Balaban J connectivity index is 2.10. The molecule has 0 amide bonds. The fourth-order valence-electron chi connectivity index (χ4n) is 2.98. The lowest BCUT2D eigenvalue weighted by molar-refractivity contribution is 0.0699. The third-order valence-corrected chi connectivity index (χ3v) is 4.61. The van der Waals surface area contributed by atoms with Crippen LogP contribution in [0.3, 0.4) is 0 Å². The number of fused-ring (bicyclic) bond motifs is 4. The molecular formula is C18H13N3O4S. The minimum Gasteiger partial charge on any atom is -0.478 e. The van der Waals surface area contributed by atoms with Gasteiger partial charge in [0.15, 0.2) is 0 Å². The summed E-state index contributed by atoms with van der Waals surface area (Å²) in [5, 5.41) is 10.7. The number of hydrogen-bond acceptors (Lipinski definition) is 5. The van der Waals surface area contributed by atoms with Crippen molar-refractivity contribution in [3.63, 3.8) is 0 Å². The minimum atomic E-state index is -3.44. The highest BCUT2D eigenvalue weighted by Gasteiger charge is 2.14. The van der Waals surface area contributed by atoms with E-state index in [1.807, 2.05) is 0 Å². The fourth-order valence-corrected chi connectivity index (χ4v) is 3.56. The van der Waals surface area contributed by atoms with Crippen LogP contribution in [0.5, 0.6) is 0 Å². The van der Waals surface area contributed by atoms with Crippen molar-refractivity contribution in [2.45, 2.75) is 0 Å². The van der Waals surface area contributed by atoms with Gasteiger partial charge in [0, 0.05) is 10.8 Å². The largest absolute Gasteiger partial charge is 0.478 e. The highest BCUT2D eigenvalue weighted by Crippen LogP contribution is 2.30. The number of carboxylic acid groups (broad SMARTS) is 1. The molecule has 4 aromatic rings. The van der Waals surface area contributed by atoms with Crippen LogP contribution in [0.25, 0.3) is 32.8 Å². The molecule has 4 rings (SSSR count). The molecular weight excluding hydrogens is 354 g/mol. The number of para-hydroxylation sites is 1. The number of nitrogens with one attached hydrogen (secondary N) is 1.